The minimum Gasteiger partial charge on any atom is -0.451 e. The molecule has 1 N–H and O–H groups in total. The largest absolute Gasteiger partial charge is 0.451 e. The van der Waals surface area contributed by atoms with Crippen LogP contribution in [0.1, 0.15) is 47.0 Å². The number of carbonyl (C=O) groups is 1. The van der Waals surface area contributed by atoms with Crippen LogP contribution in [0.15, 0.2) is 63.8 Å². The summed E-state index contributed by atoms with van der Waals surface area (Å²) in [5.74, 6) is -0.308. The van der Waals surface area contributed by atoms with Crippen LogP contribution in [0.2, 0.25) is 0 Å². The molecule has 0 aliphatic carbocycles. The van der Waals surface area contributed by atoms with Gasteiger partial charge < -0.3 is 9.73 Å². The van der Waals surface area contributed by atoms with Crippen molar-refractivity contribution in [1.29, 1.82) is 0 Å². The van der Waals surface area contributed by atoms with E-state index in [1.54, 1.807) is 24.3 Å². The number of carbonyl (C=O) groups excluding carboxylic acids is 1. The molecule has 1 fully saturated rings. The van der Waals surface area contributed by atoms with Crippen LogP contribution in [0.5, 0.6) is 0 Å². The average molecular weight is 390 g/mol. The highest BCUT2D eigenvalue weighted by molar-refractivity contribution is 5.93. The first-order chi connectivity index (χ1) is 14.1. The first-order valence-corrected chi connectivity index (χ1v) is 10.2. The summed E-state index contributed by atoms with van der Waals surface area (Å²) in [5, 5.41) is 3.47. The van der Waals surface area contributed by atoms with Crippen molar-refractivity contribution < 1.29 is 9.21 Å². The molecule has 5 heteroatoms. The van der Waals surface area contributed by atoms with Crippen LogP contribution in [-0.4, -0.2) is 30.4 Å². The number of amides is 1. The third-order valence-electron chi connectivity index (χ3n) is 5.61. The van der Waals surface area contributed by atoms with Crippen LogP contribution in [0.4, 0.5) is 0 Å². The molecule has 1 amide bonds. The normalized spacial score (nSPS) is 15.9. The molecule has 1 unspecified atom stereocenters. The smallest absolute Gasteiger partial charge is 0.287 e. The minimum atomic E-state index is -0.359. The summed E-state index contributed by atoms with van der Waals surface area (Å²) in [7, 11) is 0. The molecule has 0 saturated carbocycles. The number of hydrogen-bond donors (Lipinski definition) is 1. The summed E-state index contributed by atoms with van der Waals surface area (Å²) in [6.45, 7) is 4.60. The Hall–Kier alpha value is -2.92. The molecule has 5 nitrogen and oxygen atoms in total. The van der Waals surface area contributed by atoms with Crippen molar-refractivity contribution in [3.05, 3.63) is 81.7 Å². The SMILES string of the molecule is Cc1ccc(C(CNC(=O)c2cc(=O)c3ccccc3o2)N2CCCCC2)cc1. The maximum Gasteiger partial charge on any atom is 0.287 e. The third kappa shape index (κ3) is 4.40. The van der Waals surface area contributed by atoms with Gasteiger partial charge in [0.05, 0.1) is 11.4 Å². The highest BCUT2D eigenvalue weighted by Crippen LogP contribution is 2.24. The van der Waals surface area contributed by atoms with E-state index in [4.69, 9.17) is 4.42 Å². The lowest BCUT2D eigenvalue weighted by Gasteiger charge is -2.35. The number of nitrogens with zero attached hydrogens (tertiary/aromatic N) is 1. The van der Waals surface area contributed by atoms with Gasteiger partial charge in [-0.1, -0.05) is 48.4 Å². The molecule has 1 saturated heterocycles. The topological polar surface area (TPSA) is 62.6 Å². The van der Waals surface area contributed by atoms with Gasteiger partial charge in [-0.15, -0.1) is 0 Å². The minimum absolute atomic E-state index is 0.0509. The molecule has 4 rings (SSSR count). The molecule has 2 heterocycles. The summed E-state index contributed by atoms with van der Waals surface area (Å²) >= 11 is 0. The standard InChI is InChI=1S/C24H26N2O3/c1-17-9-11-18(12-10-17)20(26-13-5-2-6-14-26)16-25-24(28)23-15-21(27)19-7-3-4-8-22(19)29-23/h3-4,7-12,15,20H,2,5-6,13-14,16H2,1H3,(H,25,28). The number of para-hydroxylation sites is 1. The number of rotatable bonds is 5. The monoisotopic (exact) mass is 390 g/mol. The van der Waals surface area contributed by atoms with Gasteiger partial charge in [-0.25, -0.2) is 0 Å². The van der Waals surface area contributed by atoms with E-state index in [1.807, 2.05) is 0 Å². The Morgan fingerprint density at radius 2 is 1.79 bits per heavy atom. The van der Waals surface area contributed by atoms with Crippen molar-refractivity contribution in [1.82, 2.24) is 10.2 Å². The number of fused-ring (bicyclic) bond motifs is 1. The number of benzene rings is 2. The van der Waals surface area contributed by atoms with E-state index in [9.17, 15) is 9.59 Å². The number of nitrogens with one attached hydrogen (secondary N) is 1. The Balaban J connectivity index is 1.54. The van der Waals surface area contributed by atoms with Crippen molar-refractivity contribution >= 4 is 16.9 Å². The fourth-order valence-corrected chi connectivity index (χ4v) is 3.97. The molecule has 1 atom stereocenters. The Bertz CT molecular complexity index is 1050. The lowest BCUT2D eigenvalue weighted by molar-refractivity contribution is 0.0897. The number of hydrogen-bond acceptors (Lipinski definition) is 4. The van der Waals surface area contributed by atoms with Crippen LogP contribution in [0, 0.1) is 6.92 Å². The number of piperidine rings is 1. The maximum absolute atomic E-state index is 12.8. The molecule has 1 aromatic heterocycles. The summed E-state index contributed by atoms with van der Waals surface area (Å²) in [5.41, 5.74) is 2.63. The van der Waals surface area contributed by atoms with Crippen LogP contribution < -0.4 is 10.7 Å². The van der Waals surface area contributed by atoms with E-state index in [2.05, 4.69) is 41.4 Å². The van der Waals surface area contributed by atoms with Crippen LogP contribution in [-0.2, 0) is 0 Å². The average Bonchev–Trinajstić information content (AvgIpc) is 2.75. The second-order valence-corrected chi connectivity index (χ2v) is 7.70. The molecule has 2 aromatic carbocycles. The van der Waals surface area contributed by atoms with Gasteiger partial charge in [0.1, 0.15) is 5.58 Å². The van der Waals surface area contributed by atoms with E-state index in [0.29, 0.717) is 17.5 Å². The van der Waals surface area contributed by atoms with Crippen LogP contribution in [0.3, 0.4) is 0 Å². The third-order valence-corrected chi connectivity index (χ3v) is 5.61. The molecule has 1 aliphatic rings. The summed E-state index contributed by atoms with van der Waals surface area (Å²) in [4.78, 5) is 27.5. The van der Waals surface area contributed by atoms with Gasteiger partial charge in [-0.05, 0) is 50.6 Å². The van der Waals surface area contributed by atoms with Gasteiger partial charge in [-0.2, -0.15) is 0 Å². The molecule has 0 spiro atoms. The molecule has 150 valence electrons. The van der Waals surface area contributed by atoms with Gasteiger partial charge in [0.25, 0.3) is 5.91 Å². The molecule has 1 aliphatic heterocycles. The number of aryl methyl sites for hydroxylation is 1. The lowest BCUT2D eigenvalue weighted by atomic mass is 10.0. The Labute approximate surface area is 170 Å². The molecule has 29 heavy (non-hydrogen) atoms. The van der Waals surface area contributed by atoms with Gasteiger partial charge in [0, 0.05) is 12.6 Å². The second kappa shape index (κ2) is 8.62. The van der Waals surface area contributed by atoms with Crippen molar-refractivity contribution in [2.24, 2.45) is 0 Å². The molecule has 0 radical (unpaired) electrons. The second-order valence-electron chi connectivity index (χ2n) is 7.70. The van der Waals surface area contributed by atoms with Gasteiger partial charge in [0.15, 0.2) is 11.2 Å². The highest BCUT2D eigenvalue weighted by Gasteiger charge is 2.23. The number of likely N-dealkylation sites (tertiary alicyclic amines) is 1. The van der Waals surface area contributed by atoms with Gasteiger partial charge in [-0.3, -0.25) is 14.5 Å². The van der Waals surface area contributed by atoms with E-state index in [0.717, 1.165) is 13.1 Å². The molecular weight excluding hydrogens is 364 g/mol. The molecule has 3 aromatic rings. The first kappa shape index (κ1) is 19.4. The zero-order valence-corrected chi connectivity index (χ0v) is 16.7. The van der Waals surface area contributed by atoms with E-state index < -0.39 is 0 Å². The fourth-order valence-electron chi connectivity index (χ4n) is 3.97. The highest BCUT2D eigenvalue weighted by atomic mass is 16.3. The summed E-state index contributed by atoms with van der Waals surface area (Å²) in [6, 6.07) is 16.8. The van der Waals surface area contributed by atoms with E-state index in [1.165, 1.54) is 36.5 Å². The Morgan fingerprint density at radius 1 is 1.07 bits per heavy atom. The fraction of sp³-hybridized carbons (Fsp3) is 0.333. The maximum atomic E-state index is 12.8. The van der Waals surface area contributed by atoms with Gasteiger partial charge in [0.2, 0.25) is 0 Å². The quantitative estimate of drug-likeness (QED) is 0.714. The first-order valence-electron chi connectivity index (χ1n) is 10.2. The molecule has 0 bridgehead atoms. The lowest BCUT2D eigenvalue weighted by Crippen LogP contribution is -2.40. The van der Waals surface area contributed by atoms with Crippen molar-refractivity contribution in [3.63, 3.8) is 0 Å². The predicted molar refractivity (Wildman–Crippen MR) is 114 cm³/mol. The molecular formula is C24H26N2O3. The van der Waals surface area contributed by atoms with Crippen LogP contribution >= 0.6 is 0 Å². The van der Waals surface area contributed by atoms with Crippen molar-refractivity contribution in [2.45, 2.75) is 32.2 Å². The van der Waals surface area contributed by atoms with Crippen molar-refractivity contribution in [3.8, 4) is 0 Å². The predicted octanol–water partition coefficient (Wildman–Crippen LogP) is 4.06. The van der Waals surface area contributed by atoms with E-state index in [-0.39, 0.29) is 23.1 Å². The zero-order chi connectivity index (χ0) is 20.2. The van der Waals surface area contributed by atoms with Crippen molar-refractivity contribution in [2.75, 3.05) is 19.6 Å². The zero-order valence-electron chi connectivity index (χ0n) is 16.7. The summed E-state index contributed by atoms with van der Waals surface area (Å²) < 4.78 is 5.68. The van der Waals surface area contributed by atoms with Gasteiger partial charge >= 0.3 is 0 Å². The summed E-state index contributed by atoms with van der Waals surface area (Å²) in [6.07, 6.45) is 3.61. The Morgan fingerprint density at radius 3 is 2.55 bits per heavy atom. The van der Waals surface area contributed by atoms with Crippen LogP contribution in [0.25, 0.3) is 11.0 Å². The Kier molecular flexibility index (Phi) is 5.76. The van der Waals surface area contributed by atoms with E-state index >= 15 is 0 Å².